The van der Waals surface area contributed by atoms with Crippen molar-refractivity contribution in [2.75, 3.05) is 4.90 Å². The largest absolute Gasteiger partial charge is 0.456 e. The van der Waals surface area contributed by atoms with Crippen molar-refractivity contribution < 1.29 is 4.42 Å². The maximum absolute atomic E-state index is 6.22. The Morgan fingerprint density at radius 1 is 0.340 bits per heavy atom. The van der Waals surface area contributed by atoms with Crippen LogP contribution in [0, 0.1) is 0 Å². The number of rotatable bonds is 4. The lowest BCUT2D eigenvalue weighted by atomic mass is 9.99. The van der Waals surface area contributed by atoms with Gasteiger partial charge >= 0.3 is 0 Å². The second-order valence-corrected chi connectivity index (χ2v) is 15.1. The zero-order valence-electron chi connectivity index (χ0n) is 26.8. The second kappa shape index (κ2) is 10.8. The van der Waals surface area contributed by atoms with Crippen molar-refractivity contribution in [3.63, 3.8) is 0 Å². The molecule has 11 rings (SSSR count). The SMILES string of the molecule is c1ccc2c(c1)oc1cc3cc(-c4ccc(N(c5ccc6c(c5)sc5ccccc56)c5ccc6sc7ccccc7c6c5)cc4)ccc3cc12. The molecule has 0 saturated carbocycles. The normalized spacial score (nSPS) is 12.0. The van der Waals surface area contributed by atoms with Gasteiger partial charge in [0, 0.05) is 68.2 Å². The number of furan rings is 1. The molecule has 2 nitrogen and oxygen atoms in total. The van der Waals surface area contributed by atoms with Crippen LogP contribution in [0.3, 0.4) is 0 Å². The van der Waals surface area contributed by atoms with Gasteiger partial charge in [-0.2, -0.15) is 0 Å². The van der Waals surface area contributed by atoms with E-state index in [0.717, 1.165) is 39.0 Å². The first kappa shape index (κ1) is 28.0. The van der Waals surface area contributed by atoms with Crippen LogP contribution in [0.25, 0.3) is 84.2 Å². The molecule has 0 N–H and O–H groups in total. The number of anilines is 3. The Balaban J connectivity index is 1.04. The molecule has 0 bridgehead atoms. The standard InChI is InChI=1S/C46H27NOS2/c1-4-10-41-35(7-1)39-24-30-14-13-29(23-31(30)25-42(39)48-41)28-15-17-32(18-16-28)47(33-20-22-45-40(26-33)37-9-3-6-12-44(37)49-45)34-19-21-38-36-8-2-5-11-43(36)50-46(38)27-34/h1-27H. The Hall–Kier alpha value is -5.94. The maximum Gasteiger partial charge on any atom is 0.136 e. The number of fused-ring (bicyclic) bond motifs is 10. The molecule has 0 amide bonds. The number of thiophene rings is 2. The van der Waals surface area contributed by atoms with E-state index in [2.05, 4.69) is 157 Å². The first-order chi connectivity index (χ1) is 24.7. The van der Waals surface area contributed by atoms with Gasteiger partial charge in [0.25, 0.3) is 0 Å². The van der Waals surface area contributed by atoms with Gasteiger partial charge in [0.2, 0.25) is 0 Å². The third-order valence-corrected chi connectivity index (χ3v) is 12.3. The van der Waals surface area contributed by atoms with Crippen LogP contribution >= 0.6 is 22.7 Å². The van der Waals surface area contributed by atoms with Gasteiger partial charge in [0.1, 0.15) is 11.2 Å². The smallest absolute Gasteiger partial charge is 0.136 e. The van der Waals surface area contributed by atoms with Gasteiger partial charge in [-0.3, -0.25) is 0 Å². The molecule has 3 heterocycles. The summed E-state index contributed by atoms with van der Waals surface area (Å²) in [5, 5.41) is 9.93. The fourth-order valence-corrected chi connectivity index (χ4v) is 9.83. The third kappa shape index (κ3) is 4.32. The molecule has 4 heteroatoms. The summed E-state index contributed by atoms with van der Waals surface area (Å²) in [6.07, 6.45) is 0. The molecule has 3 aromatic heterocycles. The van der Waals surface area contributed by atoms with Gasteiger partial charge in [0.05, 0.1) is 0 Å². The minimum Gasteiger partial charge on any atom is -0.456 e. The summed E-state index contributed by atoms with van der Waals surface area (Å²) in [6.45, 7) is 0. The summed E-state index contributed by atoms with van der Waals surface area (Å²) >= 11 is 3.72. The van der Waals surface area contributed by atoms with Crippen LogP contribution < -0.4 is 4.90 Å². The van der Waals surface area contributed by atoms with Crippen molar-refractivity contribution >= 4 is 113 Å². The molecule has 0 unspecified atom stereocenters. The molecular formula is C46H27NOS2. The monoisotopic (exact) mass is 673 g/mol. The van der Waals surface area contributed by atoms with E-state index in [1.54, 1.807) is 0 Å². The van der Waals surface area contributed by atoms with Crippen LogP contribution in [0.15, 0.2) is 168 Å². The molecule has 0 radical (unpaired) electrons. The van der Waals surface area contributed by atoms with E-state index in [1.807, 2.05) is 34.8 Å². The molecule has 50 heavy (non-hydrogen) atoms. The highest BCUT2D eigenvalue weighted by molar-refractivity contribution is 7.26. The molecule has 0 aliphatic rings. The molecular weight excluding hydrogens is 647 g/mol. The fourth-order valence-electron chi connectivity index (χ4n) is 7.60. The number of hydrogen-bond donors (Lipinski definition) is 0. The third-order valence-electron chi connectivity index (χ3n) is 10.0. The van der Waals surface area contributed by atoms with Crippen LogP contribution in [0.5, 0.6) is 0 Å². The van der Waals surface area contributed by atoms with Crippen molar-refractivity contribution in [3.05, 3.63) is 164 Å². The van der Waals surface area contributed by atoms with Gasteiger partial charge in [-0.05, 0) is 101 Å². The fraction of sp³-hybridized carbons (Fsp3) is 0. The van der Waals surface area contributed by atoms with E-state index in [9.17, 15) is 0 Å². The average Bonchev–Trinajstić information content (AvgIpc) is 3.84. The Bertz CT molecular complexity index is 3110. The summed E-state index contributed by atoms with van der Waals surface area (Å²) in [5.74, 6) is 0. The summed E-state index contributed by atoms with van der Waals surface area (Å²) in [6, 6.07) is 59.7. The van der Waals surface area contributed by atoms with Gasteiger partial charge in [-0.25, -0.2) is 0 Å². The summed E-state index contributed by atoms with van der Waals surface area (Å²) in [7, 11) is 0. The van der Waals surface area contributed by atoms with Crippen LogP contribution in [-0.4, -0.2) is 0 Å². The minimum atomic E-state index is 0.924. The van der Waals surface area contributed by atoms with E-state index in [4.69, 9.17) is 4.42 Å². The Morgan fingerprint density at radius 3 is 1.80 bits per heavy atom. The van der Waals surface area contributed by atoms with E-state index in [0.29, 0.717) is 0 Å². The Morgan fingerprint density at radius 2 is 0.960 bits per heavy atom. The highest BCUT2D eigenvalue weighted by Gasteiger charge is 2.17. The Kier molecular flexibility index (Phi) is 6.03. The highest BCUT2D eigenvalue weighted by Crippen LogP contribution is 2.44. The molecule has 0 aliphatic heterocycles. The highest BCUT2D eigenvalue weighted by atomic mass is 32.1. The average molecular weight is 674 g/mol. The van der Waals surface area contributed by atoms with Gasteiger partial charge in [-0.15, -0.1) is 22.7 Å². The van der Waals surface area contributed by atoms with Crippen molar-refractivity contribution in [2.24, 2.45) is 0 Å². The number of nitrogens with zero attached hydrogens (tertiary/aromatic N) is 1. The molecule has 0 aliphatic carbocycles. The van der Waals surface area contributed by atoms with Crippen LogP contribution in [0.4, 0.5) is 17.1 Å². The topological polar surface area (TPSA) is 16.4 Å². The molecule has 0 saturated heterocycles. The van der Waals surface area contributed by atoms with Crippen molar-refractivity contribution in [1.29, 1.82) is 0 Å². The van der Waals surface area contributed by atoms with Crippen molar-refractivity contribution in [1.82, 2.24) is 0 Å². The second-order valence-electron chi connectivity index (χ2n) is 12.9. The molecule has 0 atom stereocenters. The van der Waals surface area contributed by atoms with Gasteiger partial charge in [0.15, 0.2) is 0 Å². The Labute approximate surface area is 295 Å². The van der Waals surface area contributed by atoms with Crippen LogP contribution in [0.1, 0.15) is 0 Å². The van der Waals surface area contributed by atoms with E-state index >= 15 is 0 Å². The van der Waals surface area contributed by atoms with Crippen molar-refractivity contribution in [2.45, 2.75) is 0 Å². The summed E-state index contributed by atoms with van der Waals surface area (Å²) in [5.41, 5.74) is 7.64. The molecule has 0 fully saturated rings. The van der Waals surface area contributed by atoms with Gasteiger partial charge in [-0.1, -0.05) is 84.9 Å². The zero-order chi connectivity index (χ0) is 32.8. The van der Waals surface area contributed by atoms with Crippen LogP contribution in [-0.2, 0) is 0 Å². The molecule has 0 spiro atoms. The molecule has 11 aromatic rings. The molecule has 234 valence electrons. The number of hydrogen-bond acceptors (Lipinski definition) is 4. The lowest BCUT2D eigenvalue weighted by Gasteiger charge is -2.26. The van der Waals surface area contributed by atoms with Crippen molar-refractivity contribution in [3.8, 4) is 11.1 Å². The van der Waals surface area contributed by atoms with E-state index < -0.39 is 0 Å². The summed E-state index contributed by atoms with van der Waals surface area (Å²) < 4.78 is 11.5. The first-order valence-corrected chi connectivity index (χ1v) is 18.5. The van der Waals surface area contributed by atoms with Crippen LogP contribution in [0.2, 0.25) is 0 Å². The number of para-hydroxylation sites is 1. The predicted molar refractivity (Wildman–Crippen MR) is 217 cm³/mol. The van der Waals surface area contributed by atoms with Gasteiger partial charge < -0.3 is 9.32 Å². The van der Waals surface area contributed by atoms with E-state index in [1.165, 1.54) is 62.2 Å². The maximum atomic E-state index is 6.22. The molecule has 8 aromatic carbocycles. The number of benzene rings is 8. The predicted octanol–water partition coefficient (Wildman–Crippen LogP) is 14.6. The lowest BCUT2D eigenvalue weighted by Crippen LogP contribution is -2.09. The lowest BCUT2D eigenvalue weighted by molar-refractivity contribution is 0.669. The van der Waals surface area contributed by atoms with E-state index in [-0.39, 0.29) is 0 Å². The minimum absolute atomic E-state index is 0.924. The summed E-state index contributed by atoms with van der Waals surface area (Å²) in [4.78, 5) is 2.40. The zero-order valence-corrected chi connectivity index (χ0v) is 28.4. The first-order valence-electron chi connectivity index (χ1n) is 16.8. The quantitative estimate of drug-likeness (QED) is 0.185.